The van der Waals surface area contributed by atoms with Crippen LogP contribution >= 0.6 is 0 Å². The number of aromatic nitrogens is 2. The van der Waals surface area contributed by atoms with E-state index in [2.05, 4.69) is 19.3 Å². The third-order valence-corrected chi connectivity index (χ3v) is 7.11. The number of carbonyl (C=O) groups excluding carboxylic acids is 1. The van der Waals surface area contributed by atoms with Crippen LogP contribution in [0.5, 0.6) is 0 Å². The molecule has 2 heterocycles. The number of hydrogen-bond donors (Lipinski definition) is 0. The Balaban J connectivity index is 1.47. The number of rotatable bonds is 9. The Hall–Kier alpha value is -4.03. The molecule has 0 unspecified atom stereocenters. The molecule has 0 bridgehead atoms. The van der Waals surface area contributed by atoms with E-state index in [0.29, 0.717) is 57.7 Å². The van der Waals surface area contributed by atoms with Gasteiger partial charge in [0, 0.05) is 31.4 Å². The Morgan fingerprint density at radius 2 is 1.89 bits per heavy atom. The molecule has 1 aromatic heterocycles. The predicted octanol–water partition coefficient (Wildman–Crippen LogP) is 5.09. The maximum atomic E-state index is 13.1. The number of ether oxygens (including phenoxy) is 1. The summed E-state index contributed by atoms with van der Waals surface area (Å²) in [4.78, 5) is 34.2. The summed E-state index contributed by atoms with van der Waals surface area (Å²) in [6, 6.07) is 14.1. The molecule has 4 rings (SSSR count). The number of hydrogen-bond acceptors (Lipinski definition) is 6. The normalized spacial score (nSPS) is 15.2. The van der Waals surface area contributed by atoms with Crippen molar-refractivity contribution in [1.29, 1.82) is 0 Å². The lowest BCUT2D eigenvalue weighted by Gasteiger charge is -2.40. The fourth-order valence-electron chi connectivity index (χ4n) is 4.99. The van der Waals surface area contributed by atoms with Crippen molar-refractivity contribution in [2.24, 2.45) is 5.41 Å². The van der Waals surface area contributed by atoms with E-state index in [1.165, 1.54) is 6.07 Å². The number of piperidine rings is 1. The third-order valence-electron chi connectivity index (χ3n) is 7.11. The van der Waals surface area contributed by atoms with Crippen molar-refractivity contribution in [3.63, 3.8) is 0 Å². The molecule has 1 aliphatic heterocycles. The zero-order valence-corrected chi connectivity index (χ0v) is 21.2. The Labute approximate surface area is 216 Å². The van der Waals surface area contributed by atoms with Gasteiger partial charge < -0.3 is 9.30 Å². The lowest BCUT2D eigenvalue weighted by atomic mass is 9.73. The summed E-state index contributed by atoms with van der Waals surface area (Å²) in [5.74, 6) is 0.692. The predicted molar refractivity (Wildman–Crippen MR) is 139 cm³/mol. The van der Waals surface area contributed by atoms with Crippen molar-refractivity contribution in [2.45, 2.75) is 46.2 Å². The highest BCUT2D eigenvalue weighted by molar-refractivity contribution is 5.77. The van der Waals surface area contributed by atoms with Crippen molar-refractivity contribution < 1.29 is 14.5 Å². The molecule has 1 fully saturated rings. The van der Waals surface area contributed by atoms with E-state index in [4.69, 9.17) is 11.3 Å². The van der Waals surface area contributed by atoms with Gasteiger partial charge in [0.05, 0.1) is 29.2 Å². The molecule has 1 aliphatic rings. The van der Waals surface area contributed by atoms with Crippen LogP contribution in [0.15, 0.2) is 54.7 Å². The molecule has 1 saturated heterocycles. The van der Waals surface area contributed by atoms with Crippen LogP contribution in [0, 0.1) is 29.0 Å². The molecule has 0 radical (unpaired) electrons. The lowest BCUT2D eigenvalue weighted by Crippen LogP contribution is -2.46. The second kappa shape index (κ2) is 11.4. The van der Waals surface area contributed by atoms with Crippen molar-refractivity contribution >= 4 is 17.3 Å². The minimum absolute atomic E-state index is 0.0290. The van der Waals surface area contributed by atoms with Crippen molar-refractivity contribution in [1.82, 2.24) is 14.5 Å². The highest BCUT2D eigenvalue weighted by Gasteiger charge is 2.43. The first-order valence-electron chi connectivity index (χ1n) is 12.4. The number of imidazole rings is 1. The highest BCUT2D eigenvalue weighted by atomic mass is 16.6. The quantitative estimate of drug-likeness (QED) is 0.176. The van der Waals surface area contributed by atoms with Crippen molar-refractivity contribution in [3.8, 4) is 0 Å². The van der Waals surface area contributed by atoms with E-state index < -0.39 is 10.3 Å². The molecule has 0 spiro atoms. The monoisotopic (exact) mass is 501 g/mol. The number of esters is 1. The molecule has 0 aliphatic carbocycles. The van der Waals surface area contributed by atoms with Crippen molar-refractivity contribution in [3.05, 3.63) is 98.9 Å². The third kappa shape index (κ3) is 6.04. The van der Waals surface area contributed by atoms with E-state index in [9.17, 15) is 14.9 Å². The maximum absolute atomic E-state index is 13.1. The summed E-state index contributed by atoms with van der Waals surface area (Å²) in [5, 5.41) is 11.2. The summed E-state index contributed by atoms with van der Waals surface area (Å²) in [6.45, 7) is 14.0. The summed E-state index contributed by atoms with van der Waals surface area (Å²) in [5.41, 5.74) is 2.91. The second-order valence-corrected chi connectivity index (χ2v) is 9.54. The molecule has 0 amide bonds. The van der Waals surface area contributed by atoms with E-state index >= 15 is 0 Å². The number of carbonyl (C=O) groups is 1. The molecule has 2 aromatic carbocycles. The summed E-state index contributed by atoms with van der Waals surface area (Å²) >= 11 is 0. The van der Waals surface area contributed by atoms with E-state index in [0.717, 1.165) is 22.6 Å². The molecule has 3 aromatic rings. The minimum Gasteiger partial charge on any atom is -0.466 e. The van der Waals surface area contributed by atoms with Gasteiger partial charge in [-0.15, -0.1) is 0 Å². The first kappa shape index (κ1) is 26.0. The molecule has 37 heavy (non-hydrogen) atoms. The molecule has 9 heteroatoms. The first-order chi connectivity index (χ1) is 17.8. The van der Waals surface area contributed by atoms with Gasteiger partial charge in [-0.2, -0.15) is 0 Å². The minimum atomic E-state index is -0.706. The van der Waals surface area contributed by atoms with Gasteiger partial charge in [-0.3, -0.25) is 19.8 Å². The lowest BCUT2D eigenvalue weighted by molar-refractivity contribution is -0.384. The van der Waals surface area contributed by atoms with Crippen LogP contribution in [0.1, 0.15) is 42.4 Å². The van der Waals surface area contributed by atoms with E-state index in [1.54, 1.807) is 19.1 Å². The van der Waals surface area contributed by atoms with Crippen LogP contribution in [0.2, 0.25) is 0 Å². The molecular formula is C28H31N5O4. The number of nitrogens with zero attached hydrogens (tertiary/aromatic N) is 5. The van der Waals surface area contributed by atoms with Crippen LogP contribution < -0.4 is 0 Å². The first-order valence-corrected chi connectivity index (χ1v) is 12.4. The van der Waals surface area contributed by atoms with Gasteiger partial charge in [-0.05, 0) is 57.3 Å². The average Bonchev–Trinajstić information content (AvgIpc) is 3.24. The van der Waals surface area contributed by atoms with Crippen LogP contribution in [0.3, 0.4) is 0 Å². The number of nitro groups is 1. The van der Waals surface area contributed by atoms with Crippen LogP contribution in [-0.4, -0.2) is 45.0 Å². The zero-order valence-electron chi connectivity index (χ0n) is 21.2. The SMILES string of the molecule is [C-]#[N+]c1ccc(Cn2c(CN3CCC(Cc4cccc([N+](=O)[O-])c4)(C(=O)OCC)CC3)cnc2C)cc1. The van der Waals surface area contributed by atoms with Gasteiger partial charge in [0.2, 0.25) is 0 Å². The van der Waals surface area contributed by atoms with Crippen LogP contribution in [0.4, 0.5) is 11.4 Å². The Kier molecular flexibility index (Phi) is 7.99. The molecule has 0 saturated carbocycles. The molecule has 9 nitrogen and oxygen atoms in total. The second-order valence-electron chi connectivity index (χ2n) is 9.54. The highest BCUT2D eigenvalue weighted by Crippen LogP contribution is 2.38. The van der Waals surface area contributed by atoms with Gasteiger partial charge in [0.1, 0.15) is 5.82 Å². The van der Waals surface area contributed by atoms with Crippen LogP contribution in [0.25, 0.3) is 4.85 Å². The summed E-state index contributed by atoms with van der Waals surface area (Å²) in [7, 11) is 0. The standard InChI is InChI=1S/C28H31N5O4/c1-4-37-27(34)28(17-23-6-5-7-25(16-23)33(35)36)12-14-31(15-13-28)20-26-18-30-21(2)32(26)19-22-8-10-24(29-3)11-9-22/h5-11,16,18H,4,12-15,17,19-20H2,1-2H3. The molecule has 192 valence electrons. The van der Waals surface area contributed by atoms with E-state index in [-0.39, 0.29) is 11.7 Å². The largest absolute Gasteiger partial charge is 0.466 e. The Morgan fingerprint density at radius 1 is 1.16 bits per heavy atom. The number of non-ortho nitro benzene ring substituents is 1. The number of aryl methyl sites for hydroxylation is 1. The van der Waals surface area contributed by atoms with Gasteiger partial charge in [0.25, 0.3) is 5.69 Å². The topological polar surface area (TPSA) is 94.9 Å². The molecule has 0 atom stereocenters. The number of likely N-dealkylation sites (tertiary alicyclic amines) is 1. The Morgan fingerprint density at radius 3 is 2.54 bits per heavy atom. The van der Waals surface area contributed by atoms with E-state index in [1.807, 2.05) is 43.5 Å². The smallest absolute Gasteiger partial charge is 0.312 e. The fraction of sp³-hybridized carbons (Fsp3) is 0.393. The summed E-state index contributed by atoms with van der Waals surface area (Å²) < 4.78 is 7.65. The van der Waals surface area contributed by atoms with Crippen molar-refractivity contribution in [2.75, 3.05) is 19.7 Å². The average molecular weight is 502 g/mol. The van der Waals surface area contributed by atoms with Gasteiger partial charge in [0.15, 0.2) is 5.69 Å². The fourth-order valence-corrected chi connectivity index (χ4v) is 4.99. The Bertz CT molecular complexity index is 1300. The van der Waals surface area contributed by atoms with Crippen LogP contribution in [-0.2, 0) is 29.0 Å². The van der Waals surface area contributed by atoms with Gasteiger partial charge >= 0.3 is 5.97 Å². The zero-order chi connectivity index (χ0) is 26.4. The number of benzene rings is 2. The maximum Gasteiger partial charge on any atom is 0.312 e. The van der Waals surface area contributed by atoms with Gasteiger partial charge in [-0.1, -0.05) is 36.4 Å². The number of nitro benzene ring substituents is 1. The summed E-state index contributed by atoms with van der Waals surface area (Å²) in [6.07, 6.45) is 3.54. The van der Waals surface area contributed by atoms with Gasteiger partial charge in [-0.25, -0.2) is 9.83 Å². The molecule has 0 N–H and O–H groups in total. The molecular weight excluding hydrogens is 470 g/mol.